The molecule has 0 saturated carbocycles. The van der Waals surface area contributed by atoms with Crippen molar-refractivity contribution in [2.45, 2.75) is 128 Å². The van der Waals surface area contributed by atoms with Gasteiger partial charge in [0.2, 0.25) is 0 Å². The van der Waals surface area contributed by atoms with Gasteiger partial charge in [-0.25, -0.2) is 0 Å². The van der Waals surface area contributed by atoms with Gasteiger partial charge in [0.1, 0.15) is 0 Å². The first-order chi connectivity index (χ1) is 18.9. The van der Waals surface area contributed by atoms with E-state index in [1.165, 1.54) is 34.6 Å². The third-order valence-corrected chi connectivity index (χ3v) is 47.9. The Labute approximate surface area is 255 Å². The van der Waals surface area contributed by atoms with Crippen LogP contribution in [0.15, 0.2) is 0 Å². The van der Waals surface area contributed by atoms with Crippen molar-refractivity contribution in [2.24, 2.45) is 0 Å². The second-order valence-corrected chi connectivity index (χ2v) is 42.7. The first-order valence-corrected chi connectivity index (χ1v) is 32.9. The van der Waals surface area contributed by atoms with Crippen molar-refractivity contribution in [2.75, 3.05) is 50.4 Å². The summed E-state index contributed by atoms with van der Waals surface area (Å²) in [6, 6.07) is 0. The summed E-state index contributed by atoms with van der Waals surface area (Å²) in [7, 11) is -1.06. The number of hydrogen-bond acceptors (Lipinski definition) is 8. The summed E-state index contributed by atoms with van der Waals surface area (Å²) in [5, 5.41) is 1.75. The van der Waals surface area contributed by atoms with E-state index in [9.17, 15) is 0 Å². The van der Waals surface area contributed by atoms with Gasteiger partial charge in [-0.05, 0) is 0 Å². The molecule has 0 amide bonds. The van der Waals surface area contributed by atoms with E-state index in [1.54, 1.807) is 0 Å². The monoisotopic (exact) mass is 736 g/mol. The van der Waals surface area contributed by atoms with Crippen LogP contribution in [0.2, 0.25) is 8.87 Å². The van der Waals surface area contributed by atoms with Gasteiger partial charge in [0.25, 0.3) is 0 Å². The molecule has 0 aromatic rings. The average molecular weight is 736 g/mol. The maximum absolute atomic E-state index is 6.52. The maximum atomic E-state index is 6.52. The van der Waals surface area contributed by atoms with E-state index < -0.39 is 33.2 Å². The Kier molecular flexibility index (Phi) is 27.3. The Balaban J connectivity index is 6.20. The summed E-state index contributed by atoms with van der Waals surface area (Å²) < 4.78 is 41.8. The average Bonchev–Trinajstić information content (AvgIpc) is 2.97. The van der Waals surface area contributed by atoms with E-state index >= 15 is 0 Å². The molecular formula is C28H64O6S2Si2Sn. The molecule has 0 atom stereocenters. The van der Waals surface area contributed by atoms with Gasteiger partial charge in [-0.15, -0.1) is 0 Å². The van der Waals surface area contributed by atoms with Crippen molar-refractivity contribution < 1.29 is 26.6 Å². The Bertz CT molecular complexity index is 465. The molecule has 6 nitrogen and oxygen atoms in total. The van der Waals surface area contributed by atoms with Crippen molar-refractivity contribution in [3.63, 3.8) is 0 Å². The van der Waals surface area contributed by atoms with Crippen molar-refractivity contribution in [3.05, 3.63) is 0 Å². The van der Waals surface area contributed by atoms with Gasteiger partial charge in [-0.1, -0.05) is 0 Å². The van der Waals surface area contributed by atoms with Crippen molar-refractivity contribution in [1.82, 2.24) is 0 Å². The normalized spacial score (nSPS) is 12.9. The molecule has 11 heteroatoms. The molecule has 0 radical (unpaired) electrons. The van der Waals surface area contributed by atoms with Crippen molar-refractivity contribution in [1.29, 1.82) is 0 Å². The van der Waals surface area contributed by atoms with Gasteiger partial charge in [-0.2, -0.15) is 0 Å². The summed E-state index contributed by atoms with van der Waals surface area (Å²) in [6.07, 6.45) is 10.9. The molecule has 0 unspecified atom stereocenters. The number of unbranched alkanes of at least 4 members (excludes halogenated alkanes) is 2. The van der Waals surface area contributed by atoms with Crippen LogP contribution in [0.3, 0.4) is 0 Å². The fourth-order valence-electron chi connectivity index (χ4n) is 3.83. The minimum atomic E-state index is -2.84. The summed E-state index contributed by atoms with van der Waals surface area (Å²) in [5.41, 5.74) is 0. The summed E-state index contributed by atoms with van der Waals surface area (Å²) in [5.74, 6) is 0. The van der Waals surface area contributed by atoms with E-state index in [-0.39, 0.29) is 0 Å². The van der Waals surface area contributed by atoms with E-state index in [0.29, 0.717) is 39.6 Å². The van der Waals surface area contributed by atoms with Crippen LogP contribution in [0.4, 0.5) is 0 Å². The molecule has 0 bridgehead atoms. The van der Waals surface area contributed by atoms with Crippen LogP contribution in [0.25, 0.3) is 0 Å². The van der Waals surface area contributed by atoms with Crippen LogP contribution >= 0.6 is 17.9 Å². The van der Waals surface area contributed by atoms with Gasteiger partial charge in [0, 0.05) is 0 Å². The molecule has 0 heterocycles. The molecule has 0 N–H and O–H groups in total. The molecule has 0 aliphatic heterocycles. The molecule has 0 aromatic carbocycles. The summed E-state index contributed by atoms with van der Waals surface area (Å²) >= 11 is -2.84. The quantitative estimate of drug-likeness (QED) is 0.0678. The number of rotatable bonds is 30. The van der Waals surface area contributed by atoms with Crippen LogP contribution in [0.5, 0.6) is 0 Å². The molecule has 236 valence electrons. The zero-order valence-electron chi connectivity index (χ0n) is 26.9. The minimum absolute atomic E-state index is 0.705. The van der Waals surface area contributed by atoms with E-state index in [4.69, 9.17) is 26.6 Å². The predicted octanol–water partition coefficient (Wildman–Crippen LogP) is 9.01. The Morgan fingerprint density at radius 3 is 0.872 bits per heavy atom. The molecule has 0 fully saturated rings. The summed E-state index contributed by atoms with van der Waals surface area (Å²) in [4.78, 5) is 0. The second kappa shape index (κ2) is 26.1. The summed E-state index contributed by atoms with van der Waals surface area (Å²) in [6.45, 7) is 21.9. The SMILES string of the molecule is CCC[CH2][Sn]([CH2]CCC)([S]C[Si](OCCC)(OCCC)OCCC)[S]C[Si](OCCC)(OCCC)OCCC. The van der Waals surface area contributed by atoms with Crippen LogP contribution in [0, 0.1) is 0 Å². The standard InChI is InChI=1S/2C10H24O3SSi.2C4H9.Sn/c2*1-4-7-11-15(10-14,12-8-5-2)13-9-6-3;2*1-3-4-2;/h2*14H,4-10H2,1-3H3;2*1,3-4H2,2H3;/q;;;;+2/p-2. The Morgan fingerprint density at radius 2 is 0.667 bits per heavy atom. The van der Waals surface area contributed by atoms with Crippen molar-refractivity contribution in [3.8, 4) is 0 Å². The third kappa shape index (κ3) is 18.2. The number of hydrogen-bond donors (Lipinski definition) is 0. The Hall–Kier alpha value is 1.69. The molecular weight excluding hydrogens is 671 g/mol. The molecule has 0 aliphatic carbocycles. The zero-order chi connectivity index (χ0) is 29.3. The van der Waals surface area contributed by atoms with Gasteiger partial charge in [0.15, 0.2) is 0 Å². The zero-order valence-corrected chi connectivity index (χ0v) is 33.4. The third-order valence-electron chi connectivity index (χ3n) is 6.00. The van der Waals surface area contributed by atoms with Crippen LogP contribution in [-0.4, -0.2) is 83.6 Å². The van der Waals surface area contributed by atoms with Crippen LogP contribution < -0.4 is 0 Å². The van der Waals surface area contributed by atoms with Gasteiger partial charge >= 0.3 is 257 Å². The first-order valence-electron chi connectivity index (χ1n) is 16.0. The predicted molar refractivity (Wildman–Crippen MR) is 179 cm³/mol. The van der Waals surface area contributed by atoms with E-state index in [1.807, 2.05) is 0 Å². The van der Waals surface area contributed by atoms with Gasteiger partial charge in [-0.3, -0.25) is 0 Å². The fourth-order valence-corrected chi connectivity index (χ4v) is 60.3. The van der Waals surface area contributed by atoms with Gasteiger partial charge in [0.05, 0.1) is 0 Å². The van der Waals surface area contributed by atoms with Crippen molar-refractivity contribution >= 4 is 51.1 Å². The molecule has 39 heavy (non-hydrogen) atoms. The molecule has 0 saturated heterocycles. The Morgan fingerprint density at radius 1 is 0.410 bits per heavy atom. The topological polar surface area (TPSA) is 55.4 Å². The first kappa shape index (κ1) is 40.7. The van der Waals surface area contributed by atoms with E-state index in [0.717, 1.165) is 49.3 Å². The fraction of sp³-hybridized carbons (Fsp3) is 1.00. The second-order valence-electron chi connectivity index (χ2n) is 10.2. The van der Waals surface area contributed by atoms with Gasteiger partial charge < -0.3 is 0 Å². The molecule has 0 aromatic heterocycles. The van der Waals surface area contributed by atoms with Crippen LogP contribution in [0.1, 0.15) is 120 Å². The van der Waals surface area contributed by atoms with Crippen LogP contribution in [-0.2, 0) is 26.6 Å². The van der Waals surface area contributed by atoms with E-state index in [2.05, 4.69) is 73.3 Å². The molecule has 0 spiro atoms. The molecule has 0 rings (SSSR count). The molecule has 0 aliphatic rings.